The van der Waals surface area contributed by atoms with Gasteiger partial charge in [-0.3, -0.25) is 14.5 Å². The molecule has 1 aliphatic carbocycles. The van der Waals surface area contributed by atoms with Gasteiger partial charge in [0.15, 0.2) is 5.78 Å². The first-order valence-corrected chi connectivity index (χ1v) is 10.0. The van der Waals surface area contributed by atoms with E-state index in [0.717, 1.165) is 16.8 Å². The summed E-state index contributed by atoms with van der Waals surface area (Å²) in [6.45, 7) is 9.63. The van der Waals surface area contributed by atoms with Crippen molar-refractivity contribution < 1.29 is 19.1 Å². The molecule has 158 valence electrons. The Morgan fingerprint density at radius 3 is 2.58 bits per heavy atom. The van der Waals surface area contributed by atoms with Gasteiger partial charge in [0.2, 0.25) is 5.91 Å². The summed E-state index contributed by atoms with van der Waals surface area (Å²) in [4.78, 5) is 26.9. The van der Waals surface area contributed by atoms with Gasteiger partial charge in [-0.2, -0.15) is 0 Å². The lowest BCUT2D eigenvalue weighted by Crippen LogP contribution is -2.49. The van der Waals surface area contributed by atoms with Crippen molar-refractivity contribution in [1.29, 1.82) is 0 Å². The van der Waals surface area contributed by atoms with E-state index >= 15 is 0 Å². The van der Waals surface area contributed by atoms with Crippen LogP contribution in [-0.2, 0) is 4.79 Å². The van der Waals surface area contributed by atoms with E-state index in [0.29, 0.717) is 30.5 Å². The molecule has 0 bridgehead atoms. The van der Waals surface area contributed by atoms with E-state index in [1.54, 1.807) is 18.2 Å². The summed E-state index contributed by atoms with van der Waals surface area (Å²) < 4.78 is 13.1. The second-order valence-electron chi connectivity index (χ2n) is 7.65. The van der Waals surface area contributed by atoms with Crippen LogP contribution in [0.1, 0.15) is 43.0 Å². The fourth-order valence-electron chi connectivity index (χ4n) is 3.52. The fraction of sp³-hybridized carbons (Fsp3) is 0.231. The minimum absolute atomic E-state index is 0.146. The number of ketones is 1. The van der Waals surface area contributed by atoms with Crippen LogP contribution in [-0.4, -0.2) is 21.7 Å². The van der Waals surface area contributed by atoms with Gasteiger partial charge in [-0.15, -0.1) is 0 Å². The highest BCUT2D eigenvalue weighted by Gasteiger charge is 2.45. The van der Waals surface area contributed by atoms with Gasteiger partial charge in [-0.1, -0.05) is 30.7 Å². The van der Waals surface area contributed by atoms with Gasteiger partial charge in [-0.05, 0) is 67.7 Å². The Hall–Kier alpha value is -3.65. The lowest BCUT2D eigenvalue weighted by molar-refractivity contribution is -0.138. The molecule has 1 fully saturated rings. The summed E-state index contributed by atoms with van der Waals surface area (Å²) in [7, 11) is 0. The molecule has 0 radical (unpaired) electrons. The molecule has 1 aromatic carbocycles. The molecule has 1 aliphatic heterocycles. The van der Waals surface area contributed by atoms with Crippen LogP contribution < -0.4 is 0 Å². The number of carbonyl (C=O) groups is 2. The number of amides is 1. The smallest absolute Gasteiger partial charge is 0.240 e. The predicted octanol–water partition coefficient (Wildman–Crippen LogP) is 5.39. The standard InChI is InChI=1S/C26H24FNO3/c1-17(2)5-4-6-18(3)28-25(20-9-13-22(29)14-10-20)23(26(28)31)15-16-24(30)19-7-11-21(27)12-8-19/h7-9,11-14,23,29H,1,3,5,10,15-16H2,2H3/b25-20+/t23-/m1/s1. The van der Waals surface area contributed by atoms with E-state index < -0.39 is 11.7 Å². The molecule has 0 unspecified atom stereocenters. The lowest BCUT2D eigenvalue weighted by atomic mass is 9.82. The third kappa shape index (κ3) is 5.10. The summed E-state index contributed by atoms with van der Waals surface area (Å²) >= 11 is 0. The van der Waals surface area contributed by atoms with Crippen molar-refractivity contribution in [3.05, 3.63) is 95.3 Å². The molecule has 1 amide bonds. The maximum Gasteiger partial charge on any atom is 0.240 e. The third-order valence-corrected chi connectivity index (χ3v) is 5.12. The summed E-state index contributed by atoms with van der Waals surface area (Å²) in [5.41, 5.74) is 3.34. The first-order valence-electron chi connectivity index (χ1n) is 10.0. The second kappa shape index (κ2) is 9.44. The zero-order valence-electron chi connectivity index (χ0n) is 17.5. The highest BCUT2D eigenvalue weighted by molar-refractivity contribution is 5.98. The van der Waals surface area contributed by atoms with Crippen molar-refractivity contribution in [3.63, 3.8) is 0 Å². The average Bonchev–Trinajstić information content (AvgIpc) is 2.73. The molecule has 1 N–H and O–H groups in total. The Labute approximate surface area is 181 Å². The molecule has 5 heteroatoms. The number of aliphatic hydroxyl groups is 1. The Morgan fingerprint density at radius 1 is 1.26 bits per heavy atom. The summed E-state index contributed by atoms with van der Waals surface area (Å²) in [5, 5.41) is 9.63. The molecule has 1 saturated heterocycles. The van der Waals surface area contributed by atoms with E-state index in [9.17, 15) is 19.1 Å². The van der Waals surface area contributed by atoms with Crippen molar-refractivity contribution in [2.24, 2.45) is 5.92 Å². The van der Waals surface area contributed by atoms with Gasteiger partial charge in [-0.25, -0.2) is 4.39 Å². The van der Waals surface area contributed by atoms with E-state index in [-0.39, 0.29) is 23.9 Å². The third-order valence-electron chi connectivity index (χ3n) is 5.12. The molecular formula is C26H24FNO3. The van der Waals surface area contributed by atoms with Crippen molar-refractivity contribution in [1.82, 2.24) is 4.90 Å². The minimum atomic E-state index is -0.461. The summed E-state index contributed by atoms with van der Waals surface area (Å²) in [6.07, 6.45) is 6.48. The predicted molar refractivity (Wildman–Crippen MR) is 118 cm³/mol. The topological polar surface area (TPSA) is 57.6 Å². The van der Waals surface area contributed by atoms with Gasteiger partial charge in [0.25, 0.3) is 0 Å². The molecular weight excluding hydrogens is 393 g/mol. The van der Waals surface area contributed by atoms with E-state index in [2.05, 4.69) is 25.0 Å². The molecule has 1 aromatic rings. The fourth-order valence-corrected chi connectivity index (χ4v) is 3.52. The molecule has 0 aromatic heterocycles. The number of β-lactam (4-membered cyclic amide) rings is 1. The van der Waals surface area contributed by atoms with Crippen molar-refractivity contribution >= 4 is 11.7 Å². The largest absolute Gasteiger partial charge is 0.508 e. The number of benzene rings is 1. The number of halogens is 1. The maximum atomic E-state index is 13.1. The van der Waals surface area contributed by atoms with Crippen LogP contribution in [0.2, 0.25) is 0 Å². The first-order chi connectivity index (χ1) is 14.8. The van der Waals surface area contributed by atoms with Crippen LogP contribution >= 0.6 is 0 Å². The monoisotopic (exact) mass is 417 g/mol. The molecule has 3 rings (SSSR count). The average molecular weight is 417 g/mol. The van der Waals surface area contributed by atoms with Gasteiger partial charge in [0, 0.05) is 24.1 Å². The summed E-state index contributed by atoms with van der Waals surface area (Å²) in [5.74, 6) is 4.88. The van der Waals surface area contributed by atoms with Crippen LogP contribution in [0.15, 0.2) is 84.0 Å². The first kappa shape index (κ1) is 22.0. The number of likely N-dealkylation sites (tertiary alicyclic amines) is 1. The number of hydrogen-bond donors (Lipinski definition) is 1. The van der Waals surface area contributed by atoms with E-state index in [4.69, 9.17) is 0 Å². The highest BCUT2D eigenvalue weighted by Crippen LogP contribution is 2.41. The molecule has 0 saturated carbocycles. The lowest BCUT2D eigenvalue weighted by Gasteiger charge is -2.42. The number of rotatable bonds is 6. The minimum Gasteiger partial charge on any atom is -0.508 e. The van der Waals surface area contributed by atoms with Gasteiger partial charge < -0.3 is 5.11 Å². The number of allylic oxidation sites excluding steroid dienone is 6. The normalized spacial score (nSPS) is 19.8. The highest BCUT2D eigenvalue weighted by atomic mass is 19.1. The molecule has 1 atom stereocenters. The molecule has 31 heavy (non-hydrogen) atoms. The van der Waals surface area contributed by atoms with Crippen LogP contribution in [0.5, 0.6) is 0 Å². The number of carbonyl (C=O) groups excluding carboxylic acids is 2. The van der Waals surface area contributed by atoms with Crippen LogP contribution in [0.25, 0.3) is 0 Å². The molecule has 2 aliphatic rings. The van der Waals surface area contributed by atoms with Crippen molar-refractivity contribution in [2.75, 3.05) is 0 Å². The number of Topliss-reactive ketones (excluding diaryl/α,β-unsaturated/α-hetero) is 1. The van der Waals surface area contributed by atoms with E-state index in [1.165, 1.54) is 29.2 Å². The Kier molecular flexibility index (Phi) is 6.71. The Balaban J connectivity index is 1.79. The van der Waals surface area contributed by atoms with E-state index in [1.807, 2.05) is 6.92 Å². The van der Waals surface area contributed by atoms with Crippen LogP contribution in [0, 0.1) is 23.6 Å². The number of hydrogen-bond acceptors (Lipinski definition) is 3. The quantitative estimate of drug-likeness (QED) is 0.292. The zero-order chi connectivity index (χ0) is 22.5. The summed E-state index contributed by atoms with van der Waals surface area (Å²) in [6, 6.07) is 5.39. The molecule has 0 spiro atoms. The second-order valence-corrected chi connectivity index (χ2v) is 7.65. The zero-order valence-corrected chi connectivity index (χ0v) is 17.5. The van der Waals surface area contributed by atoms with Crippen LogP contribution in [0.3, 0.4) is 0 Å². The van der Waals surface area contributed by atoms with Crippen molar-refractivity contribution in [3.8, 4) is 11.8 Å². The maximum absolute atomic E-state index is 13.1. The van der Waals surface area contributed by atoms with Gasteiger partial charge >= 0.3 is 0 Å². The Morgan fingerprint density at radius 2 is 1.97 bits per heavy atom. The number of aliphatic hydroxyl groups excluding tert-OH is 1. The SMILES string of the molecule is C=C(C)CC#CC(=C)N1C(=O)[C@H](CCC(=O)c2ccc(F)cc2)/C1=C1/C=CC(O)=CC1. The van der Waals surface area contributed by atoms with Crippen LogP contribution in [0.4, 0.5) is 4.39 Å². The molecule has 1 heterocycles. The molecule has 4 nitrogen and oxygen atoms in total. The van der Waals surface area contributed by atoms with Gasteiger partial charge in [0.1, 0.15) is 11.6 Å². The van der Waals surface area contributed by atoms with Gasteiger partial charge in [0.05, 0.1) is 11.6 Å². The van der Waals surface area contributed by atoms with Crippen molar-refractivity contribution in [2.45, 2.75) is 32.6 Å². The Bertz CT molecular complexity index is 1090. The number of nitrogens with zero attached hydrogens (tertiary/aromatic N) is 1.